The Morgan fingerprint density at radius 3 is 2.35 bits per heavy atom. The molecule has 0 radical (unpaired) electrons. The second-order valence-corrected chi connectivity index (χ2v) is 5.35. The van der Waals surface area contributed by atoms with Crippen LogP contribution >= 0.6 is 0 Å². The molecule has 0 saturated carbocycles. The largest absolute Gasteiger partial charge is 0.519 e. The Morgan fingerprint density at radius 2 is 1.81 bits per heavy atom. The first kappa shape index (κ1) is 19.6. The van der Waals surface area contributed by atoms with Crippen molar-refractivity contribution in [3.8, 4) is 11.3 Å². The third kappa shape index (κ3) is 6.63. The number of nitrogens with one attached hydrogen (secondary N) is 1. The van der Waals surface area contributed by atoms with Crippen molar-refractivity contribution in [2.45, 2.75) is 12.8 Å². The van der Waals surface area contributed by atoms with Gasteiger partial charge in [0.2, 0.25) is 5.91 Å². The van der Waals surface area contributed by atoms with Crippen LogP contribution < -0.4 is 5.32 Å². The minimum atomic E-state index is -5.00. The third-order valence-corrected chi connectivity index (χ3v) is 3.44. The van der Waals surface area contributed by atoms with E-state index in [-0.39, 0.29) is 18.3 Å². The lowest BCUT2D eigenvalue weighted by atomic mass is 10.1. The molecule has 0 unspecified atom stereocenters. The molecule has 1 fully saturated rings. The number of carbonyl (C=O) groups excluding carboxylic acids is 1. The van der Waals surface area contributed by atoms with Crippen LogP contribution in [0, 0.1) is 5.82 Å². The van der Waals surface area contributed by atoms with Crippen molar-refractivity contribution in [1.82, 2.24) is 14.9 Å². The number of nitrogens with zero attached hydrogens (tertiary/aromatic N) is 3. The second-order valence-electron chi connectivity index (χ2n) is 5.35. The molecule has 2 heterocycles. The van der Waals surface area contributed by atoms with E-state index in [1.807, 2.05) is 0 Å². The smallest absolute Gasteiger partial charge is 0.361 e. The van der Waals surface area contributed by atoms with Gasteiger partial charge < -0.3 is 15.3 Å². The van der Waals surface area contributed by atoms with Gasteiger partial charge in [0, 0.05) is 24.7 Å². The Kier molecular flexibility index (Phi) is 6.45. The summed E-state index contributed by atoms with van der Waals surface area (Å²) < 4.78 is 42.6. The van der Waals surface area contributed by atoms with E-state index in [9.17, 15) is 22.4 Å². The zero-order valence-electron chi connectivity index (χ0n) is 13.5. The Morgan fingerprint density at radius 1 is 1.19 bits per heavy atom. The maximum Gasteiger partial charge on any atom is 0.519 e. The van der Waals surface area contributed by atoms with E-state index in [2.05, 4.69) is 15.3 Å². The second kappa shape index (κ2) is 8.56. The van der Waals surface area contributed by atoms with Crippen molar-refractivity contribution in [3.05, 3.63) is 42.5 Å². The minimum absolute atomic E-state index is 0.0724. The summed E-state index contributed by atoms with van der Waals surface area (Å²) in [5.41, 5.74) is 1.49. The summed E-state index contributed by atoms with van der Waals surface area (Å²) in [4.78, 5) is 21.8. The monoisotopic (exact) mass is 372 g/mol. The Balaban J connectivity index is 0.000000431. The molecule has 140 valence electrons. The van der Waals surface area contributed by atoms with Crippen LogP contribution in [0.1, 0.15) is 6.42 Å². The van der Waals surface area contributed by atoms with Crippen LogP contribution in [0.15, 0.2) is 36.7 Å². The van der Waals surface area contributed by atoms with Crippen molar-refractivity contribution in [2.24, 2.45) is 0 Å². The van der Waals surface area contributed by atoms with Crippen LogP contribution in [0.25, 0.3) is 11.3 Å². The van der Waals surface area contributed by atoms with Crippen molar-refractivity contribution in [1.29, 1.82) is 0 Å². The number of amides is 1. The van der Waals surface area contributed by atoms with E-state index in [0.29, 0.717) is 11.5 Å². The molecule has 6 nitrogen and oxygen atoms in total. The topological polar surface area (TPSA) is 78.4 Å². The standard InChI is InChI=1S/C15H15FN4O.CHF3O/c16-12-4-2-11(3-5-12)13-8-14(19-10-18-13)17-9-15(21)20-6-1-7-20;2-1(3,4)5/h2-5,8,10H,1,6-7,9H2,(H,17,18,19);5H. The predicted molar refractivity (Wildman–Crippen MR) is 85.4 cm³/mol. The number of halogens is 4. The first-order valence-electron chi connectivity index (χ1n) is 7.61. The highest BCUT2D eigenvalue weighted by atomic mass is 19.4. The van der Waals surface area contributed by atoms with E-state index in [4.69, 9.17) is 5.11 Å². The summed E-state index contributed by atoms with van der Waals surface area (Å²) in [6.07, 6.45) is -2.50. The van der Waals surface area contributed by atoms with E-state index >= 15 is 0 Å². The molecule has 2 aromatic rings. The van der Waals surface area contributed by atoms with Gasteiger partial charge in [-0.3, -0.25) is 4.79 Å². The molecule has 1 aromatic carbocycles. The molecular weight excluding hydrogens is 356 g/mol. The Labute approximate surface area is 146 Å². The molecule has 10 heteroatoms. The van der Waals surface area contributed by atoms with Gasteiger partial charge >= 0.3 is 6.36 Å². The molecule has 0 aliphatic carbocycles. The Bertz CT molecular complexity index is 728. The van der Waals surface area contributed by atoms with Crippen LogP contribution in [0.5, 0.6) is 0 Å². The van der Waals surface area contributed by atoms with Gasteiger partial charge in [-0.2, -0.15) is 0 Å². The molecule has 1 aliphatic rings. The number of aliphatic hydroxyl groups is 1. The van der Waals surface area contributed by atoms with Crippen LogP contribution in [0.3, 0.4) is 0 Å². The molecule has 0 spiro atoms. The van der Waals surface area contributed by atoms with Gasteiger partial charge in [-0.15, -0.1) is 13.2 Å². The fraction of sp³-hybridized carbons (Fsp3) is 0.312. The molecule has 0 bridgehead atoms. The highest BCUT2D eigenvalue weighted by molar-refractivity contribution is 5.81. The number of carbonyl (C=O) groups is 1. The van der Waals surface area contributed by atoms with E-state index in [1.54, 1.807) is 23.1 Å². The molecular formula is C16H16F4N4O2. The van der Waals surface area contributed by atoms with E-state index in [1.165, 1.54) is 18.5 Å². The lowest BCUT2D eigenvalue weighted by molar-refractivity contribution is -0.295. The van der Waals surface area contributed by atoms with Gasteiger partial charge in [0.05, 0.1) is 12.2 Å². The number of benzene rings is 1. The molecule has 26 heavy (non-hydrogen) atoms. The van der Waals surface area contributed by atoms with E-state index in [0.717, 1.165) is 25.1 Å². The van der Waals surface area contributed by atoms with Gasteiger partial charge in [-0.05, 0) is 30.7 Å². The highest BCUT2D eigenvalue weighted by Crippen LogP contribution is 2.19. The molecule has 3 rings (SSSR count). The predicted octanol–water partition coefficient (Wildman–Crippen LogP) is 2.43. The number of alkyl halides is 3. The van der Waals surface area contributed by atoms with Crippen LogP contribution in [-0.2, 0) is 4.79 Å². The summed E-state index contributed by atoms with van der Waals surface area (Å²) in [6.45, 7) is 1.90. The van der Waals surface area contributed by atoms with Gasteiger partial charge in [-0.1, -0.05) is 0 Å². The van der Waals surface area contributed by atoms with Crippen LogP contribution in [0.4, 0.5) is 23.4 Å². The number of aromatic nitrogens is 2. The highest BCUT2D eigenvalue weighted by Gasteiger charge is 2.20. The van der Waals surface area contributed by atoms with Gasteiger partial charge in [0.25, 0.3) is 0 Å². The lowest BCUT2D eigenvalue weighted by Gasteiger charge is -2.30. The molecule has 2 N–H and O–H groups in total. The molecule has 0 atom stereocenters. The third-order valence-electron chi connectivity index (χ3n) is 3.44. The SMILES string of the molecule is O=C(CNc1cc(-c2ccc(F)cc2)ncn1)N1CCC1.OC(F)(F)F. The zero-order chi connectivity index (χ0) is 19.2. The molecule has 1 saturated heterocycles. The van der Waals surface area contributed by atoms with Gasteiger partial charge in [-0.25, -0.2) is 14.4 Å². The van der Waals surface area contributed by atoms with Crippen molar-refractivity contribution in [3.63, 3.8) is 0 Å². The first-order chi connectivity index (χ1) is 12.2. The first-order valence-corrected chi connectivity index (χ1v) is 7.61. The Hall–Kier alpha value is -2.75. The van der Waals surface area contributed by atoms with Crippen LogP contribution in [-0.4, -0.2) is 51.9 Å². The average Bonchev–Trinajstić information content (AvgIpc) is 2.51. The van der Waals surface area contributed by atoms with Gasteiger partial charge in [0.1, 0.15) is 18.0 Å². The van der Waals surface area contributed by atoms with Gasteiger partial charge in [0.15, 0.2) is 0 Å². The minimum Gasteiger partial charge on any atom is -0.361 e. The van der Waals surface area contributed by atoms with Crippen molar-refractivity contribution >= 4 is 11.7 Å². The number of likely N-dealkylation sites (tertiary alicyclic amines) is 1. The zero-order valence-corrected chi connectivity index (χ0v) is 13.5. The summed E-state index contributed by atoms with van der Waals surface area (Å²) >= 11 is 0. The van der Waals surface area contributed by atoms with Crippen LogP contribution in [0.2, 0.25) is 0 Å². The lowest BCUT2D eigenvalue weighted by Crippen LogP contribution is -2.44. The summed E-state index contributed by atoms with van der Waals surface area (Å²) in [7, 11) is 0. The fourth-order valence-corrected chi connectivity index (χ4v) is 2.08. The summed E-state index contributed by atoms with van der Waals surface area (Å²) in [5.74, 6) is 0.368. The summed E-state index contributed by atoms with van der Waals surface area (Å²) in [5, 5.41) is 9.52. The maximum absolute atomic E-state index is 12.9. The molecule has 1 aliphatic heterocycles. The van der Waals surface area contributed by atoms with Crippen molar-refractivity contribution in [2.75, 3.05) is 25.0 Å². The van der Waals surface area contributed by atoms with E-state index < -0.39 is 6.36 Å². The molecule has 1 aromatic heterocycles. The maximum atomic E-state index is 12.9. The van der Waals surface area contributed by atoms with Crippen molar-refractivity contribution < 1.29 is 27.5 Å². The fourth-order valence-electron chi connectivity index (χ4n) is 2.08. The number of anilines is 1. The average molecular weight is 372 g/mol. The number of hydrogen-bond acceptors (Lipinski definition) is 5. The number of hydrogen-bond donors (Lipinski definition) is 2. The molecule has 1 amide bonds. The quantitative estimate of drug-likeness (QED) is 0.806. The normalized spacial score (nSPS) is 13.3. The number of rotatable bonds is 4. The summed E-state index contributed by atoms with van der Waals surface area (Å²) in [6, 6.07) is 7.84.